The summed E-state index contributed by atoms with van der Waals surface area (Å²) in [5.41, 5.74) is 0.0105. The quantitative estimate of drug-likeness (QED) is 0.475. The van der Waals surface area contributed by atoms with Crippen molar-refractivity contribution in [3.63, 3.8) is 0 Å². The first-order valence-corrected chi connectivity index (χ1v) is 4.66. The Hall–Kier alpha value is 0.354. The van der Waals surface area contributed by atoms with Gasteiger partial charge in [-0.25, -0.2) is 0 Å². The van der Waals surface area contributed by atoms with Crippen LogP contribution in [0.5, 0.6) is 0 Å². The van der Waals surface area contributed by atoms with Gasteiger partial charge in [-0.2, -0.15) is 0 Å². The number of hydrogen-bond donors (Lipinski definition) is 0. The molecule has 50 valence electrons. The summed E-state index contributed by atoms with van der Waals surface area (Å²) >= 11 is 0. The molecule has 0 saturated carbocycles. The fourth-order valence-electron chi connectivity index (χ4n) is 0.236. The van der Waals surface area contributed by atoms with Crippen LogP contribution < -0.4 is 0 Å². The molecule has 0 heterocycles. The van der Waals surface area contributed by atoms with Crippen molar-refractivity contribution in [3.8, 4) is 0 Å². The lowest BCUT2D eigenvalue weighted by atomic mass is 10.2. The second-order valence-corrected chi connectivity index (χ2v) is 5.50. The lowest BCUT2D eigenvalue weighted by molar-refractivity contribution is 0.120. The minimum atomic E-state index is -0.621. The molecule has 0 aromatic carbocycles. The second-order valence-electron chi connectivity index (χ2n) is 2.66. The Morgan fingerprint density at radius 1 is 1.38 bits per heavy atom. The molecule has 0 amide bonds. The van der Waals surface area contributed by atoms with E-state index in [-0.39, 0.29) is 5.60 Å². The maximum Gasteiger partial charge on any atom is 0.293 e. The van der Waals surface area contributed by atoms with E-state index in [1.807, 2.05) is 20.8 Å². The van der Waals surface area contributed by atoms with Gasteiger partial charge in [-0.1, -0.05) is 0 Å². The van der Waals surface area contributed by atoms with Crippen molar-refractivity contribution in [2.75, 3.05) is 0 Å². The van der Waals surface area contributed by atoms with Crippen molar-refractivity contribution in [3.05, 3.63) is 0 Å². The van der Waals surface area contributed by atoms with Crippen LogP contribution in [0.3, 0.4) is 0 Å². The summed E-state index contributed by atoms with van der Waals surface area (Å²) in [5.74, 6) is 0. The summed E-state index contributed by atoms with van der Waals surface area (Å²) in [5, 5.41) is 0. The molecular weight excluding hydrogens is 136 g/mol. The van der Waals surface area contributed by atoms with E-state index in [0.717, 1.165) is 10.5 Å². The van der Waals surface area contributed by atoms with Crippen LogP contribution in [0.1, 0.15) is 20.8 Å². The molecule has 0 spiro atoms. The minimum Gasteiger partial charge on any atom is -0.449 e. The first-order chi connectivity index (χ1) is 3.56. The second kappa shape index (κ2) is 3.39. The van der Waals surface area contributed by atoms with Crippen LogP contribution in [-0.4, -0.2) is 26.1 Å². The van der Waals surface area contributed by atoms with Gasteiger partial charge in [-0.05, 0) is 20.8 Å². The molecule has 0 aliphatic rings. The zero-order valence-electron chi connectivity index (χ0n) is 6.02. The minimum absolute atomic E-state index is 0.0105. The van der Waals surface area contributed by atoms with Gasteiger partial charge in [-0.15, -0.1) is 0 Å². The maximum atomic E-state index is 5.33. The zero-order valence-corrected chi connectivity index (χ0v) is 9.44. The summed E-state index contributed by atoms with van der Waals surface area (Å²) < 4.78 is 10.3. The fraction of sp³-hybridized carbons (Fsp3) is 1.00. The van der Waals surface area contributed by atoms with Crippen LogP contribution in [0.15, 0.2) is 0 Å². The van der Waals surface area contributed by atoms with Crippen molar-refractivity contribution in [1.29, 1.82) is 0 Å². The van der Waals surface area contributed by atoms with Crippen LogP contribution in [-0.2, 0) is 8.54 Å². The van der Waals surface area contributed by atoms with Crippen molar-refractivity contribution < 1.29 is 8.54 Å². The molecule has 0 aromatic rings. The summed E-state index contributed by atoms with van der Waals surface area (Å²) in [6.07, 6.45) is 0. The van der Waals surface area contributed by atoms with Gasteiger partial charge in [-0.3, -0.25) is 0 Å². The van der Waals surface area contributed by atoms with Crippen LogP contribution in [0, 0.1) is 0 Å². The normalized spacial score (nSPS) is 13.9. The highest BCUT2D eigenvalue weighted by atomic mass is 28.3. The summed E-state index contributed by atoms with van der Waals surface area (Å²) in [6.45, 7) is 6.13. The average Bonchev–Trinajstić information content (AvgIpc) is 1.59. The predicted octanol–water partition coefficient (Wildman–Crippen LogP) is -0.903. The highest BCUT2D eigenvalue weighted by Crippen LogP contribution is 2.03. The van der Waals surface area contributed by atoms with Crippen molar-refractivity contribution in [2.45, 2.75) is 26.4 Å². The monoisotopic (exact) mass is 150 g/mol. The Bertz CT molecular complexity index is 59.5. The Morgan fingerprint density at radius 3 is 2.00 bits per heavy atom. The maximum absolute atomic E-state index is 5.33. The molecule has 8 heavy (non-hydrogen) atoms. The Balaban J connectivity index is 3.11. The topological polar surface area (TPSA) is 18.5 Å². The summed E-state index contributed by atoms with van der Waals surface area (Å²) in [4.78, 5) is 0. The molecule has 0 aliphatic carbocycles. The summed E-state index contributed by atoms with van der Waals surface area (Å²) in [6, 6.07) is 0. The third-order valence-corrected chi connectivity index (χ3v) is 2.54. The van der Waals surface area contributed by atoms with Crippen LogP contribution in [0.2, 0.25) is 0 Å². The SMILES string of the molecule is CC(C)(C)O[SiH2]O[SiH3]. The van der Waals surface area contributed by atoms with Gasteiger partial charge in [0.2, 0.25) is 0 Å². The smallest absolute Gasteiger partial charge is 0.293 e. The molecule has 4 heteroatoms. The van der Waals surface area contributed by atoms with Crippen LogP contribution in [0.25, 0.3) is 0 Å². The lowest BCUT2D eigenvalue weighted by Crippen LogP contribution is -2.22. The molecule has 0 atom stereocenters. The van der Waals surface area contributed by atoms with Crippen molar-refractivity contribution >= 4 is 20.5 Å². The van der Waals surface area contributed by atoms with Gasteiger partial charge >= 0.3 is 0 Å². The average molecular weight is 150 g/mol. The Morgan fingerprint density at radius 2 is 1.88 bits per heavy atom. The first kappa shape index (κ1) is 8.35. The highest BCUT2D eigenvalue weighted by Gasteiger charge is 2.07. The Kier molecular flexibility index (Phi) is 3.54. The van der Waals surface area contributed by atoms with E-state index in [0.29, 0.717) is 0 Å². The van der Waals surface area contributed by atoms with Gasteiger partial charge < -0.3 is 8.54 Å². The van der Waals surface area contributed by atoms with Crippen molar-refractivity contribution in [1.82, 2.24) is 0 Å². The molecule has 0 aliphatic heterocycles. The van der Waals surface area contributed by atoms with E-state index in [1.165, 1.54) is 0 Å². The van der Waals surface area contributed by atoms with Crippen molar-refractivity contribution in [2.24, 2.45) is 0 Å². The molecule has 2 nitrogen and oxygen atoms in total. The van der Waals surface area contributed by atoms with Crippen LogP contribution >= 0.6 is 0 Å². The lowest BCUT2D eigenvalue weighted by Gasteiger charge is -2.18. The van der Waals surface area contributed by atoms with E-state index in [9.17, 15) is 0 Å². The zero-order chi connectivity index (χ0) is 6.62. The molecule has 0 saturated heterocycles. The van der Waals surface area contributed by atoms with Gasteiger partial charge in [0.05, 0.1) is 0 Å². The van der Waals surface area contributed by atoms with E-state index in [2.05, 4.69) is 0 Å². The molecule has 0 fully saturated rings. The largest absolute Gasteiger partial charge is 0.449 e. The molecule has 0 rings (SSSR count). The van der Waals surface area contributed by atoms with Gasteiger partial charge in [0.25, 0.3) is 10.0 Å². The fourth-order valence-corrected chi connectivity index (χ4v) is 1.06. The predicted molar refractivity (Wildman–Crippen MR) is 40.4 cm³/mol. The van der Waals surface area contributed by atoms with E-state index in [1.54, 1.807) is 0 Å². The standard InChI is InChI=1S/C4H14O2Si2/c1-4(2,3)5-8-6-7/h8H2,1-3,7H3. The van der Waals surface area contributed by atoms with Gasteiger partial charge in [0.15, 0.2) is 0 Å². The van der Waals surface area contributed by atoms with Gasteiger partial charge in [0.1, 0.15) is 10.5 Å². The highest BCUT2D eigenvalue weighted by molar-refractivity contribution is 6.27. The molecule has 0 unspecified atom stereocenters. The first-order valence-electron chi connectivity index (χ1n) is 2.69. The molecule has 0 radical (unpaired) electrons. The van der Waals surface area contributed by atoms with Crippen LogP contribution in [0.4, 0.5) is 0 Å². The third-order valence-electron chi connectivity index (χ3n) is 0.610. The third kappa shape index (κ3) is 6.35. The summed E-state index contributed by atoms with van der Waals surface area (Å²) in [7, 11) is 0.198. The molecule has 0 bridgehead atoms. The molecular formula is C4H14O2Si2. The van der Waals surface area contributed by atoms with E-state index < -0.39 is 10.0 Å². The number of rotatable bonds is 2. The molecule has 0 aromatic heterocycles. The van der Waals surface area contributed by atoms with E-state index in [4.69, 9.17) is 8.54 Å². The number of hydrogen-bond acceptors (Lipinski definition) is 2. The molecule has 0 N–H and O–H groups in total. The Labute approximate surface area is 56.2 Å². The van der Waals surface area contributed by atoms with E-state index >= 15 is 0 Å². The van der Waals surface area contributed by atoms with Gasteiger partial charge in [0, 0.05) is 5.60 Å².